The van der Waals surface area contributed by atoms with Crippen molar-refractivity contribution in [1.29, 1.82) is 0 Å². The highest BCUT2D eigenvalue weighted by Gasteiger charge is 2.11. The zero-order valence-corrected chi connectivity index (χ0v) is 15.3. The van der Waals surface area contributed by atoms with Gasteiger partial charge in [-0.25, -0.2) is 4.98 Å². The predicted molar refractivity (Wildman–Crippen MR) is 101 cm³/mol. The van der Waals surface area contributed by atoms with Crippen molar-refractivity contribution >= 4 is 23.6 Å². The number of imidazole rings is 1. The molecule has 0 aliphatic heterocycles. The number of pyridine rings is 1. The Kier molecular flexibility index (Phi) is 6.06. The molecule has 9 heteroatoms. The van der Waals surface area contributed by atoms with Crippen LogP contribution in [0.3, 0.4) is 0 Å². The second kappa shape index (κ2) is 8.86. The fraction of sp³-hybridized carbons (Fsp3) is 0.111. The first-order valence-corrected chi connectivity index (χ1v) is 8.96. The minimum Gasteiger partial charge on any atom is -0.497 e. The molecule has 0 saturated carbocycles. The fourth-order valence-electron chi connectivity index (χ4n) is 2.19. The topological polar surface area (TPSA) is 98.1 Å². The Morgan fingerprint density at radius 3 is 2.59 bits per heavy atom. The van der Waals surface area contributed by atoms with Crippen molar-refractivity contribution in [3.8, 4) is 11.4 Å². The lowest BCUT2D eigenvalue weighted by molar-refractivity contribution is -0.119. The van der Waals surface area contributed by atoms with Gasteiger partial charge in [-0.1, -0.05) is 17.8 Å². The summed E-state index contributed by atoms with van der Waals surface area (Å²) in [7, 11) is 1.61. The van der Waals surface area contributed by atoms with Crippen LogP contribution in [0, 0.1) is 0 Å². The highest BCUT2D eigenvalue weighted by atomic mass is 32.2. The Morgan fingerprint density at radius 2 is 1.89 bits per heavy atom. The number of carbonyl (C=O) groups excluding carboxylic acids is 2. The summed E-state index contributed by atoms with van der Waals surface area (Å²) in [6.45, 7) is 0. The highest BCUT2D eigenvalue weighted by Crippen LogP contribution is 2.22. The first kappa shape index (κ1) is 18.5. The SMILES string of the molecule is COc1ccc(-n2ccnc2SCC(=O)NNC(=O)c2ccccn2)cc1. The molecule has 3 rings (SSSR count). The summed E-state index contributed by atoms with van der Waals surface area (Å²) < 4.78 is 7.02. The lowest BCUT2D eigenvalue weighted by Crippen LogP contribution is -2.42. The Bertz CT molecular complexity index is 912. The number of hydrogen-bond donors (Lipinski definition) is 2. The third-order valence-electron chi connectivity index (χ3n) is 3.50. The number of hydrazine groups is 1. The van der Waals surface area contributed by atoms with E-state index in [0.29, 0.717) is 5.16 Å². The highest BCUT2D eigenvalue weighted by molar-refractivity contribution is 7.99. The van der Waals surface area contributed by atoms with E-state index in [1.165, 1.54) is 18.0 Å². The van der Waals surface area contributed by atoms with E-state index >= 15 is 0 Å². The molecule has 2 N–H and O–H groups in total. The Morgan fingerprint density at radius 1 is 1.07 bits per heavy atom. The molecular formula is C18H17N5O3S. The van der Waals surface area contributed by atoms with E-state index in [9.17, 15) is 9.59 Å². The number of benzene rings is 1. The number of hydrogen-bond acceptors (Lipinski definition) is 6. The van der Waals surface area contributed by atoms with Crippen LogP contribution in [0.4, 0.5) is 0 Å². The molecule has 0 unspecified atom stereocenters. The number of rotatable bonds is 6. The summed E-state index contributed by atoms with van der Waals surface area (Å²) in [5.74, 6) is 0.0219. The largest absolute Gasteiger partial charge is 0.497 e. The van der Waals surface area contributed by atoms with Gasteiger partial charge < -0.3 is 4.74 Å². The van der Waals surface area contributed by atoms with Crippen molar-refractivity contribution in [1.82, 2.24) is 25.4 Å². The lowest BCUT2D eigenvalue weighted by atomic mass is 10.3. The van der Waals surface area contributed by atoms with Crippen LogP contribution < -0.4 is 15.6 Å². The summed E-state index contributed by atoms with van der Waals surface area (Å²) in [4.78, 5) is 32.0. The number of nitrogens with one attached hydrogen (secondary N) is 2. The Balaban J connectivity index is 1.53. The molecule has 0 bridgehead atoms. The maximum absolute atomic E-state index is 12.0. The molecule has 138 valence electrons. The molecular weight excluding hydrogens is 366 g/mol. The molecule has 0 spiro atoms. The van der Waals surface area contributed by atoms with E-state index in [1.807, 2.05) is 35.0 Å². The van der Waals surface area contributed by atoms with Gasteiger partial charge >= 0.3 is 0 Å². The minimum absolute atomic E-state index is 0.0929. The quantitative estimate of drug-likeness (QED) is 0.498. The van der Waals surface area contributed by atoms with Gasteiger partial charge in [0.25, 0.3) is 5.91 Å². The molecule has 0 saturated heterocycles. The molecule has 1 aromatic carbocycles. The first-order chi connectivity index (χ1) is 13.2. The van der Waals surface area contributed by atoms with Crippen molar-refractivity contribution in [2.75, 3.05) is 12.9 Å². The van der Waals surface area contributed by atoms with Gasteiger partial charge in [-0.2, -0.15) is 0 Å². The molecule has 27 heavy (non-hydrogen) atoms. The Hall–Kier alpha value is -3.33. The molecule has 0 atom stereocenters. The number of aromatic nitrogens is 3. The standard InChI is InChI=1S/C18H17N5O3S/c1-26-14-7-5-13(6-8-14)23-11-10-20-18(23)27-12-16(24)21-22-17(25)15-4-2-3-9-19-15/h2-11H,12H2,1H3,(H,21,24)(H,22,25). The molecule has 0 aliphatic rings. The van der Waals surface area contributed by atoms with Crippen molar-refractivity contribution in [2.45, 2.75) is 5.16 Å². The number of thioether (sulfide) groups is 1. The fourth-order valence-corrected chi connectivity index (χ4v) is 2.96. The van der Waals surface area contributed by atoms with Crippen molar-refractivity contribution in [2.24, 2.45) is 0 Å². The third-order valence-corrected chi connectivity index (χ3v) is 4.47. The van der Waals surface area contributed by atoms with Crippen LogP contribution in [0.5, 0.6) is 5.75 Å². The molecule has 0 fully saturated rings. The van der Waals surface area contributed by atoms with E-state index in [0.717, 1.165) is 11.4 Å². The van der Waals surface area contributed by atoms with E-state index in [2.05, 4.69) is 20.8 Å². The summed E-state index contributed by atoms with van der Waals surface area (Å²) >= 11 is 1.26. The predicted octanol–water partition coefficient (Wildman–Crippen LogP) is 1.83. The second-order valence-electron chi connectivity index (χ2n) is 5.28. The molecule has 0 radical (unpaired) electrons. The average Bonchev–Trinajstić information content (AvgIpc) is 3.19. The van der Waals surface area contributed by atoms with Gasteiger partial charge in [0, 0.05) is 24.3 Å². The number of methoxy groups -OCH3 is 1. The van der Waals surface area contributed by atoms with Gasteiger partial charge in [0.1, 0.15) is 11.4 Å². The number of carbonyl (C=O) groups is 2. The molecule has 2 heterocycles. The van der Waals surface area contributed by atoms with Crippen LogP contribution >= 0.6 is 11.8 Å². The van der Waals surface area contributed by atoms with E-state index < -0.39 is 5.91 Å². The zero-order valence-electron chi connectivity index (χ0n) is 14.5. The smallest absolute Gasteiger partial charge is 0.288 e. The summed E-state index contributed by atoms with van der Waals surface area (Å²) in [5, 5.41) is 0.659. The van der Waals surface area contributed by atoms with Gasteiger partial charge in [-0.05, 0) is 36.4 Å². The van der Waals surface area contributed by atoms with E-state index in [1.54, 1.807) is 31.5 Å². The van der Waals surface area contributed by atoms with Crippen LogP contribution in [-0.4, -0.2) is 39.2 Å². The third kappa shape index (κ3) is 4.85. The number of amides is 2. The molecule has 2 aromatic heterocycles. The van der Waals surface area contributed by atoms with E-state index in [4.69, 9.17) is 4.74 Å². The van der Waals surface area contributed by atoms with Gasteiger partial charge in [0.2, 0.25) is 5.91 Å². The monoisotopic (exact) mass is 383 g/mol. The van der Waals surface area contributed by atoms with Gasteiger partial charge in [-0.15, -0.1) is 0 Å². The van der Waals surface area contributed by atoms with E-state index in [-0.39, 0.29) is 17.4 Å². The van der Waals surface area contributed by atoms with Gasteiger partial charge in [0.15, 0.2) is 5.16 Å². The van der Waals surface area contributed by atoms with Crippen molar-refractivity contribution in [3.05, 3.63) is 66.7 Å². The minimum atomic E-state index is -0.478. The summed E-state index contributed by atoms with van der Waals surface area (Å²) in [5.41, 5.74) is 5.82. The van der Waals surface area contributed by atoms with Gasteiger partial charge in [-0.3, -0.25) is 30.0 Å². The molecule has 2 amide bonds. The van der Waals surface area contributed by atoms with Gasteiger partial charge in [0.05, 0.1) is 12.9 Å². The molecule has 3 aromatic rings. The average molecular weight is 383 g/mol. The van der Waals surface area contributed by atoms with Crippen LogP contribution in [0.25, 0.3) is 5.69 Å². The first-order valence-electron chi connectivity index (χ1n) is 7.98. The van der Waals surface area contributed by atoms with Crippen LogP contribution in [0.2, 0.25) is 0 Å². The van der Waals surface area contributed by atoms with Crippen LogP contribution in [0.1, 0.15) is 10.5 Å². The molecule has 8 nitrogen and oxygen atoms in total. The number of ether oxygens (including phenoxy) is 1. The van der Waals surface area contributed by atoms with Crippen molar-refractivity contribution < 1.29 is 14.3 Å². The van der Waals surface area contributed by atoms with Crippen LogP contribution in [0.15, 0.2) is 66.2 Å². The normalized spacial score (nSPS) is 10.3. The summed E-state index contributed by atoms with van der Waals surface area (Å²) in [6, 6.07) is 12.5. The van der Waals surface area contributed by atoms with Crippen LogP contribution in [-0.2, 0) is 4.79 Å². The van der Waals surface area contributed by atoms with Crippen molar-refractivity contribution in [3.63, 3.8) is 0 Å². The lowest BCUT2D eigenvalue weighted by Gasteiger charge is -2.09. The maximum atomic E-state index is 12.0. The summed E-state index contributed by atoms with van der Waals surface area (Å²) in [6.07, 6.45) is 4.98. The maximum Gasteiger partial charge on any atom is 0.288 e. The number of nitrogens with zero attached hydrogens (tertiary/aromatic N) is 3. The zero-order chi connectivity index (χ0) is 19.1. The molecule has 0 aliphatic carbocycles. The Labute approximate surface area is 159 Å². The second-order valence-corrected chi connectivity index (χ2v) is 6.23.